The number of aryl methyl sites for hydroxylation is 6. The van der Waals surface area contributed by atoms with Crippen LogP contribution in [0.15, 0.2) is 12.1 Å². The molecule has 19 heavy (non-hydrogen) atoms. The van der Waals surface area contributed by atoms with Crippen LogP contribution in [-0.2, 0) is 13.1 Å². The van der Waals surface area contributed by atoms with Crippen LogP contribution in [0.4, 0.5) is 0 Å². The molecule has 0 spiro atoms. The molecule has 0 aromatic carbocycles. The van der Waals surface area contributed by atoms with Gasteiger partial charge in [-0.1, -0.05) is 0 Å². The summed E-state index contributed by atoms with van der Waals surface area (Å²) in [5.74, 6) is 0. The molecule has 0 unspecified atom stereocenters. The van der Waals surface area contributed by atoms with Gasteiger partial charge in [-0.25, -0.2) is 0 Å². The Balaban J connectivity index is 1.70. The summed E-state index contributed by atoms with van der Waals surface area (Å²) in [6.07, 6.45) is 0. The maximum absolute atomic E-state index is 4.50. The molecule has 0 atom stereocenters. The minimum atomic E-state index is 0.0673. The van der Waals surface area contributed by atoms with Crippen molar-refractivity contribution >= 4 is 20.9 Å². The molecule has 0 N–H and O–H groups in total. The van der Waals surface area contributed by atoms with Gasteiger partial charge in [0.25, 0.3) is 0 Å². The number of hydrogen-bond donors (Lipinski definition) is 0. The van der Waals surface area contributed by atoms with Crippen molar-refractivity contribution in [3.05, 3.63) is 34.9 Å². The first-order valence-electron chi connectivity index (χ1n) is 6.66. The van der Waals surface area contributed by atoms with Gasteiger partial charge in [0.05, 0.1) is 0 Å². The molecule has 2 rings (SSSR count). The molecule has 0 aliphatic carbocycles. The van der Waals surface area contributed by atoms with E-state index in [2.05, 4.69) is 59.4 Å². The standard InChI is InChI=1S/C14H22N4Te/c1-11-9-13(3)17(15-11)5-7-19-8-6-18-14(4)10-12(2)16-18/h9-10H,5-8H2,1-4H3. The first-order chi connectivity index (χ1) is 9.06. The van der Waals surface area contributed by atoms with Crippen LogP contribution in [-0.4, -0.2) is 40.5 Å². The van der Waals surface area contributed by atoms with Gasteiger partial charge in [0.15, 0.2) is 0 Å². The molecule has 0 aliphatic rings. The van der Waals surface area contributed by atoms with Gasteiger partial charge < -0.3 is 0 Å². The second-order valence-electron chi connectivity index (χ2n) is 4.91. The summed E-state index contributed by atoms with van der Waals surface area (Å²) in [6.45, 7) is 10.6. The van der Waals surface area contributed by atoms with Crippen LogP contribution in [0.2, 0.25) is 8.94 Å². The van der Waals surface area contributed by atoms with Gasteiger partial charge in [-0.2, -0.15) is 0 Å². The van der Waals surface area contributed by atoms with E-state index in [0.29, 0.717) is 0 Å². The molecule has 0 amide bonds. The molecular formula is C14H22N4Te. The Morgan fingerprint density at radius 1 is 0.842 bits per heavy atom. The van der Waals surface area contributed by atoms with Crippen molar-refractivity contribution in [1.29, 1.82) is 0 Å². The Kier molecular flexibility index (Phi) is 5.06. The fraction of sp³-hybridized carbons (Fsp3) is 0.571. The van der Waals surface area contributed by atoms with E-state index in [0.717, 1.165) is 24.5 Å². The molecule has 0 radical (unpaired) electrons. The van der Waals surface area contributed by atoms with Crippen LogP contribution in [0, 0.1) is 27.7 Å². The predicted octanol–water partition coefficient (Wildman–Crippen LogP) is 2.55. The van der Waals surface area contributed by atoms with Gasteiger partial charge in [-0.3, -0.25) is 0 Å². The molecule has 2 heterocycles. The first-order valence-corrected chi connectivity index (χ1v) is 9.95. The van der Waals surface area contributed by atoms with Crippen molar-refractivity contribution in [1.82, 2.24) is 19.6 Å². The fourth-order valence-electron chi connectivity index (χ4n) is 2.21. The topological polar surface area (TPSA) is 35.6 Å². The molecule has 0 bridgehead atoms. The van der Waals surface area contributed by atoms with E-state index in [1.165, 1.54) is 20.3 Å². The zero-order chi connectivity index (χ0) is 13.8. The van der Waals surface area contributed by atoms with E-state index < -0.39 is 0 Å². The van der Waals surface area contributed by atoms with Crippen LogP contribution in [0.5, 0.6) is 0 Å². The summed E-state index contributed by atoms with van der Waals surface area (Å²) in [5, 5.41) is 9.01. The summed E-state index contributed by atoms with van der Waals surface area (Å²) in [7, 11) is 0. The molecule has 0 fully saturated rings. The Bertz CT molecular complexity index is 493. The molecule has 2 aromatic heterocycles. The zero-order valence-electron chi connectivity index (χ0n) is 12.2. The van der Waals surface area contributed by atoms with Crippen molar-refractivity contribution in [2.45, 2.75) is 49.7 Å². The number of aromatic nitrogens is 4. The molecule has 104 valence electrons. The fourth-order valence-corrected chi connectivity index (χ4v) is 4.51. The van der Waals surface area contributed by atoms with Gasteiger partial charge >= 0.3 is 125 Å². The Morgan fingerprint density at radius 2 is 1.26 bits per heavy atom. The molecule has 4 nitrogen and oxygen atoms in total. The van der Waals surface area contributed by atoms with E-state index in [4.69, 9.17) is 0 Å². The number of rotatable bonds is 6. The maximum atomic E-state index is 4.50. The van der Waals surface area contributed by atoms with E-state index in [9.17, 15) is 0 Å². The van der Waals surface area contributed by atoms with Gasteiger partial charge in [-0.15, -0.1) is 0 Å². The van der Waals surface area contributed by atoms with Crippen molar-refractivity contribution < 1.29 is 0 Å². The van der Waals surface area contributed by atoms with Crippen molar-refractivity contribution in [3.8, 4) is 0 Å². The van der Waals surface area contributed by atoms with Crippen LogP contribution in [0.3, 0.4) is 0 Å². The molecule has 0 aliphatic heterocycles. The first kappa shape index (κ1) is 14.6. The van der Waals surface area contributed by atoms with E-state index >= 15 is 0 Å². The third kappa shape index (κ3) is 4.09. The quantitative estimate of drug-likeness (QED) is 0.576. The van der Waals surface area contributed by atoms with Gasteiger partial charge in [0.2, 0.25) is 0 Å². The van der Waals surface area contributed by atoms with E-state index in [1.807, 2.05) is 0 Å². The van der Waals surface area contributed by atoms with E-state index in [-0.39, 0.29) is 20.9 Å². The Hall–Kier alpha value is -0.790. The summed E-state index contributed by atoms with van der Waals surface area (Å²) in [4.78, 5) is 0. The zero-order valence-corrected chi connectivity index (χ0v) is 14.5. The van der Waals surface area contributed by atoms with Gasteiger partial charge in [0.1, 0.15) is 0 Å². The second kappa shape index (κ2) is 6.58. The van der Waals surface area contributed by atoms with Crippen LogP contribution in [0.25, 0.3) is 0 Å². The van der Waals surface area contributed by atoms with Gasteiger partial charge in [-0.05, 0) is 0 Å². The number of nitrogens with zero attached hydrogens (tertiary/aromatic N) is 4. The van der Waals surface area contributed by atoms with Crippen LogP contribution in [0.1, 0.15) is 22.8 Å². The van der Waals surface area contributed by atoms with E-state index in [1.54, 1.807) is 0 Å². The summed E-state index contributed by atoms with van der Waals surface area (Å²) in [6, 6.07) is 4.30. The monoisotopic (exact) mass is 376 g/mol. The van der Waals surface area contributed by atoms with Crippen molar-refractivity contribution in [3.63, 3.8) is 0 Å². The van der Waals surface area contributed by atoms with Gasteiger partial charge in [0, 0.05) is 0 Å². The Labute approximate surface area is 125 Å². The normalized spacial score (nSPS) is 11.2. The number of hydrogen-bond acceptors (Lipinski definition) is 2. The average molecular weight is 374 g/mol. The van der Waals surface area contributed by atoms with Crippen molar-refractivity contribution in [2.75, 3.05) is 0 Å². The third-order valence-electron chi connectivity index (χ3n) is 3.10. The SMILES string of the molecule is Cc1cc(C)n(CC[Te]CCn2nc(C)cc2C)n1. The van der Waals surface area contributed by atoms with Crippen LogP contribution < -0.4 is 0 Å². The van der Waals surface area contributed by atoms with Crippen molar-refractivity contribution in [2.24, 2.45) is 0 Å². The molecule has 2 aromatic rings. The summed E-state index contributed by atoms with van der Waals surface area (Å²) >= 11 is 0.0673. The minimum absolute atomic E-state index is 0.0673. The average Bonchev–Trinajstić information content (AvgIpc) is 2.81. The summed E-state index contributed by atoms with van der Waals surface area (Å²) < 4.78 is 6.91. The molecule has 0 saturated carbocycles. The van der Waals surface area contributed by atoms with Crippen LogP contribution >= 0.6 is 0 Å². The predicted molar refractivity (Wildman–Crippen MR) is 78.8 cm³/mol. The summed E-state index contributed by atoms with van der Waals surface area (Å²) in [5.41, 5.74) is 4.81. The third-order valence-corrected chi connectivity index (χ3v) is 5.79. The Morgan fingerprint density at radius 3 is 1.58 bits per heavy atom. The molecule has 5 heteroatoms. The molecular weight excluding hydrogens is 352 g/mol. The second-order valence-corrected chi connectivity index (χ2v) is 8.41. The molecule has 0 saturated heterocycles.